The standard InChI is InChI=1S/C16H11Cl2N/c1-11-4-2-3-5-12(11)8-13(10-19)15-7-6-14(17)9-16(15)18/h2-9H,1H3/b13-8+. The third kappa shape index (κ3) is 3.17. The van der Waals surface area contributed by atoms with E-state index in [1.54, 1.807) is 18.2 Å². The molecule has 0 amide bonds. The van der Waals surface area contributed by atoms with Crippen molar-refractivity contribution in [3.63, 3.8) is 0 Å². The van der Waals surface area contributed by atoms with Crippen molar-refractivity contribution in [2.75, 3.05) is 0 Å². The molecule has 0 aromatic heterocycles. The van der Waals surface area contributed by atoms with E-state index in [9.17, 15) is 5.26 Å². The molecule has 0 heterocycles. The third-order valence-electron chi connectivity index (χ3n) is 2.83. The molecule has 94 valence electrons. The molecule has 0 saturated carbocycles. The maximum Gasteiger partial charge on any atom is 0.0998 e. The number of hydrogen-bond acceptors (Lipinski definition) is 1. The second kappa shape index (κ2) is 5.93. The fourth-order valence-electron chi connectivity index (χ4n) is 1.78. The summed E-state index contributed by atoms with van der Waals surface area (Å²) in [6.45, 7) is 2.00. The van der Waals surface area contributed by atoms with Gasteiger partial charge in [-0.1, -0.05) is 53.5 Å². The molecule has 0 aliphatic heterocycles. The minimum atomic E-state index is 0.480. The minimum Gasteiger partial charge on any atom is -0.192 e. The van der Waals surface area contributed by atoms with Crippen molar-refractivity contribution in [2.24, 2.45) is 0 Å². The van der Waals surface area contributed by atoms with Gasteiger partial charge in [-0.15, -0.1) is 0 Å². The van der Waals surface area contributed by atoms with Gasteiger partial charge in [-0.05, 0) is 36.3 Å². The Morgan fingerprint density at radius 1 is 1.16 bits per heavy atom. The summed E-state index contributed by atoms with van der Waals surface area (Å²) in [7, 11) is 0. The van der Waals surface area contributed by atoms with Crippen LogP contribution in [0, 0.1) is 18.3 Å². The molecule has 0 aliphatic carbocycles. The molecule has 0 spiro atoms. The smallest absolute Gasteiger partial charge is 0.0998 e. The lowest BCUT2D eigenvalue weighted by Gasteiger charge is -2.05. The lowest BCUT2D eigenvalue weighted by atomic mass is 10.0. The quantitative estimate of drug-likeness (QED) is 0.538. The Balaban J connectivity index is 2.52. The highest BCUT2D eigenvalue weighted by Crippen LogP contribution is 2.28. The van der Waals surface area contributed by atoms with Crippen LogP contribution in [0.4, 0.5) is 0 Å². The van der Waals surface area contributed by atoms with Gasteiger partial charge in [-0.25, -0.2) is 0 Å². The predicted molar refractivity (Wildman–Crippen MR) is 81.1 cm³/mol. The summed E-state index contributed by atoms with van der Waals surface area (Å²) < 4.78 is 0. The molecular formula is C16H11Cl2N. The van der Waals surface area contributed by atoms with Crippen molar-refractivity contribution >= 4 is 34.9 Å². The molecule has 0 saturated heterocycles. The van der Waals surface area contributed by atoms with Crippen LogP contribution in [0.5, 0.6) is 0 Å². The fourth-order valence-corrected chi connectivity index (χ4v) is 2.29. The monoisotopic (exact) mass is 287 g/mol. The highest BCUT2D eigenvalue weighted by molar-refractivity contribution is 6.36. The first kappa shape index (κ1) is 13.7. The molecule has 0 aliphatic rings. The van der Waals surface area contributed by atoms with Crippen molar-refractivity contribution in [3.8, 4) is 6.07 Å². The Morgan fingerprint density at radius 2 is 1.89 bits per heavy atom. The summed E-state index contributed by atoms with van der Waals surface area (Å²) in [4.78, 5) is 0. The maximum absolute atomic E-state index is 9.32. The molecule has 1 nitrogen and oxygen atoms in total. The molecule has 0 N–H and O–H groups in total. The number of rotatable bonds is 2. The summed E-state index contributed by atoms with van der Waals surface area (Å²) in [6, 6.07) is 15.2. The van der Waals surface area contributed by atoms with Crippen LogP contribution in [0.25, 0.3) is 11.6 Å². The Morgan fingerprint density at radius 3 is 2.53 bits per heavy atom. The van der Waals surface area contributed by atoms with E-state index in [0.717, 1.165) is 11.1 Å². The number of hydrogen-bond donors (Lipinski definition) is 0. The fraction of sp³-hybridized carbons (Fsp3) is 0.0625. The van der Waals surface area contributed by atoms with Gasteiger partial charge in [0.2, 0.25) is 0 Å². The molecule has 0 radical (unpaired) electrons. The largest absolute Gasteiger partial charge is 0.192 e. The number of aryl methyl sites for hydroxylation is 1. The Bertz CT molecular complexity index is 681. The zero-order valence-corrected chi connectivity index (χ0v) is 11.8. The van der Waals surface area contributed by atoms with E-state index in [0.29, 0.717) is 21.2 Å². The van der Waals surface area contributed by atoms with Crippen LogP contribution in [0.2, 0.25) is 10.0 Å². The summed E-state index contributed by atoms with van der Waals surface area (Å²) in [5, 5.41) is 10.4. The highest BCUT2D eigenvalue weighted by atomic mass is 35.5. The van der Waals surface area contributed by atoms with E-state index >= 15 is 0 Å². The van der Waals surface area contributed by atoms with Crippen LogP contribution in [-0.4, -0.2) is 0 Å². The number of halogens is 2. The number of allylic oxidation sites excluding steroid dienone is 1. The van der Waals surface area contributed by atoms with Gasteiger partial charge in [0.25, 0.3) is 0 Å². The molecule has 2 aromatic carbocycles. The van der Waals surface area contributed by atoms with Gasteiger partial charge < -0.3 is 0 Å². The zero-order chi connectivity index (χ0) is 13.8. The Hall–Kier alpha value is -1.75. The number of benzene rings is 2. The summed E-state index contributed by atoms with van der Waals surface area (Å²) in [6.07, 6.45) is 1.84. The molecular weight excluding hydrogens is 277 g/mol. The van der Waals surface area contributed by atoms with Crippen molar-refractivity contribution in [2.45, 2.75) is 6.92 Å². The van der Waals surface area contributed by atoms with Crippen LogP contribution >= 0.6 is 23.2 Å². The van der Waals surface area contributed by atoms with E-state index in [2.05, 4.69) is 6.07 Å². The molecule has 0 unspecified atom stereocenters. The SMILES string of the molecule is Cc1ccccc1/C=C(\C#N)c1ccc(Cl)cc1Cl. The van der Waals surface area contributed by atoms with Crippen LogP contribution in [0.1, 0.15) is 16.7 Å². The van der Waals surface area contributed by atoms with Crippen LogP contribution < -0.4 is 0 Å². The van der Waals surface area contributed by atoms with E-state index in [4.69, 9.17) is 23.2 Å². The molecule has 0 atom stereocenters. The molecule has 0 bridgehead atoms. The van der Waals surface area contributed by atoms with Gasteiger partial charge in [0, 0.05) is 10.6 Å². The molecule has 0 fully saturated rings. The van der Waals surface area contributed by atoms with Gasteiger partial charge >= 0.3 is 0 Å². The van der Waals surface area contributed by atoms with E-state index in [-0.39, 0.29) is 0 Å². The lowest BCUT2D eigenvalue weighted by Crippen LogP contribution is -1.86. The van der Waals surface area contributed by atoms with Gasteiger partial charge in [0.1, 0.15) is 0 Å². The Kier molecular flexibility index (Phi) is 4.27. The van der Waals surface area contributed by atoms with Crippen LogP contribution in [-0.2, 0) is 0 Å². The average Bonchev–Trinajstić information content (AvgIpc) is 2.39. The third-order valence-corrected chi connectivity index (χ3v) is 3.38. The van der Waals surface area contributed by atoms with E-state index in [1.165, 1.54) is 0 Å². The molecule has 19 heavy (non-hydrogen) atoms. The first-order chi connectivity index (χ1) is 9.11. The Labute approximate surface area is 122 Å². The normalized spacial score (nSPS) is 11.2. The molecule has 3 heteroatoms. The van der Waals surface area contributed by atoms with Crippen molar-refractivity contribution in [1.29, 1.82) is 5.26 Å². The highest BCUT2D eigenvalue weighted by Gasteiger charge is 2.07. The maximum atomic E-state index is 9.32. The van der Waals surface area contributed by atoms with Gasteiger partial charge in [-0.3, -0.25) is 0 Å². The molecule has 2 rings (SSSR count). The average molecular weight is 288 g/mol. The first-order valence-electron chi connectivity index (χ1n) is 5.74. The van der Waals surface area contributed by atoms with Crippen molar-refractivity contribution < 1.29 is 0 Å². The minimum absolute atomic E-state index is 0.480. The lowest BCUT2D eigenvalue weighted by molar-refractivity contribution is 1.44. The van der Waals surface area contributed by atoms with Gasteiger partial charge in [0.05, 0.1) is 16.7 Å². The van der Waals surface area contributed by atoms with Crippen LogP contribution in [0.15, 0.2) is 42.5 Å². The first-order valence-corrected chi connectivity index (χ1v) is 6.50. The number of nitriles is 1. The molecule has 2 aromatic rings. The topological polar surface area (TPSA) is 23.8 Å². The summed E-state index contributed by atoms with van der Waals surface area (Å²) in [5.74, 6) is 0. The second-order valence-corrected chi connectivity index (χ2v) is 4.99. The van der Waals surface area contributed by atoms with Crippen LogP contribution in [0.3, 0.4) is 0 Å². The van der Waals surface area contributed by atoms with Crippen molar-refractivity contribution in [3.05, 3.63) is 69.2 Å². The van der Waals surface area contributed by atoms with E-state index < -0.39 is 0 Å². The van der Waals surface area contributed by atoms with E-state index in [1.807, 2.05) is 37.3 Å². The van der Waals surface area contributed by atoms with Gasteiger partial charge in [0.15, 0.2) is 0 Å². The second-order valence-electron chi connectivity index (χ2n) is 4.15. The summed E-state index contributed by atoms with van der Waals surface area (Å²) >= 11 is 12.0. The number of nitrogens with zero attached hydrogens (tertiary/aromatic N) is 1. The predicted octanol–water partition coefficient (Wildman–Crippen LogP) is 5.37. The summed E-state index contributed by atoms with van der Waals surface area (Å²) in [5.41, 5.74) is 3.33. The van der Waals surface area contributed by atoms with Gasteiger partial charge in [-0.2, -0.15) is 5.26 Å². The van der Waals surface area contributed by atoms with Crippen molar-refractivity contribution in [1.82, 2.24) is 0 Å². The zero-order valence-electron chi connectivity index (χ0n) is 10.3.